The molecular weight excluding hydrogens is 613 g/mol. The molecule has 0 radical (unpaired) electrons. The van der Waals surface area contributed by atoms with E-state index in [0.29, 0.717) is 17.5 Å². The Kier molecular flexibility index (Phi) is 6.56. The standard InChI is InChI=1S/C45H30N4O/c1-4-13-29(14-5-1)43-46-44(30-15-6-2-7-16-30)48-45(47-43)36-20-12-22-41-42(36)37-27-31(24-26-40(37)50-41)32-23-25-35-34-19-10-11-21-38(34)49(39(35)28-32)33-17-8-3-9-18-33/h1-10,12-20,22-28H,11,21H2. The van der Waals surface area contributed by atoms with Gasteiger partial charge >= 0.3 is 0 Å². The zero-order valence-electron chi connectivity index (χ0n) is 27.1. The van der Waals surface area contributed by atoms with Crippen LogP contribution in [-0.2, 0) is 6.42 Å². The molecule has 50 heavy (non-hydrogen) atoms. The molecule has 9 aromatic rings. The van der Waals surface area contributed by atoms with E-state index in [1.165, 1.54) is 27.8 Å². The first-order chi connectivity index (χ1) is 24.8. The van der Waals surface area contributed by atoms with Gasteiger partial charge in [-0.3, -0.25) is 0 Å². The van der Waals surface area contributed by atoms with Crippen molar-refractivity contribution in [3.8, 4) is 51.0 Å². The molecule has 0 N–H and O–H groups in total. The topological polar surface area (TPSA) is 56.7 Å². The lowest BCUT2D eigenvalue weighted by Crippen LogP contribution is -2.02. The Morgan fingerprint density at radius 2 is 1.18 bits per heavy atom. The minimum atomic E-state index is 0.608. The molecule has 1 aliphatic carbocycles. The van der Waals surface area contributed by atoms with Crippen LogP contribution in [0.3, 0.4) is 0 Å². The van der Waals surface area contributed by atoms with Crippen molar-refractivity contribution >= 4 is 38.9 Å². The summed E-state index contributed by atoms with van der Waals surface area (Å²) in [5.41, 5.74) is 11.8. The summed E-state index contributed by atoms with van der Waals surface area (Å²) in [6, 6.07) is 50.3. The summed E-state index contributed by atoms with van der Waals surface area (Å²) in [4.78, 5) is 15.0. The molecule has 6 aromatic carbocycles. The molecular formula is C45H30N4O. The van der Waals surface area contributed by atoms with Crippen LogP contribution in [0.5, 0.6) is 0 Å². The van der Waals surface area contributed by atoms with Crippen LogP contribution in [-0.4, -0.2) is 19.5 Å². The Bertz CT molecular complexity index is 2690. The number of nitrogens with zero attached hydrogens (tertiary/aromatic N) is 4. The molecule has 3 aromatic heterocycles. The van der Waals surface area contributed by atoms with E-state index in [4.69, 9.17) is 19.4 Å². The molecule has 0 amide bonds. The van der Waals surface area contributed by atoms with Crippen LogP contribution in [0.4, 0.5) is 0 Å². The monoisotopic (exact) mass is 642 g/mol. The summed E-state index contributed by atoms with van der Waals surface area (Å²) in [6.07, 6.45) is 6.66. The Hall–Kier alpha value is -6.59. The summed E-state index contributed by atoms with van der Waals surface area (Å²) in [7, 11) is 0. The molecule has 236 valence electrons. The van der Waals surface area contributed by atoms with Gasteiger partial charge in [-0.1, -0.05) is 121 Å². The molecule has 0 fully saturated rings. The summed E-state index contributed by atoms with van der Waals surface area (Å²) >= 11 is 0. The molecule has 0 spiro atoms. The average Bonchev–Trinajstić information content (AvgIpc) is 3.74. The van der Waals surface area contributed by atoms with E-state index in [2.05, 4.69) is 89.5 Å². The summed E-state index contributed by atoms with van der Waals surface area (Å²) in [5.74, 6) is 1.87. The zero-order valence-corrected chi connectivity index (χ0v) is 27.1. The van der Waals surface area contributed by atoms with Gasteiger partial charge in [0.1, 0.15) is 11.2 Å². The van der Waals surface area contributed by atoms with Gasteiger partial charge in [0, 0.05) is 49.8 Å². The lowest BCUT2D eigenvalue weighted by Gasteiger charge is -2.13. The highest BCUT2D eigenvalue weighted by atomic mass is 16.3. The molecule has 1 aliphatic rings. The largest absolute Gasteiger partial charge is 0.456 e. The Morgan fingerprint density at radius 3 is 1.92 bits per heavy atom. The maximum absolute atomic E-state index is 6.45. The maximum Gasteiger partial charge on any atom is 0.164 e. The highest BCUT2D eigenvalue weighted by Gasteiger charge is 2.21. The van der Waals surface area contributed by atoms with Crippen LogP contribution in [0.25, 0.3) is 89.9 Å². The number of para-hydroxylation sites is 1. The molecule has 5 heteroatoms. The van der Waals surface area contributed by atoms with E-state index in [1.807, 2.05) is 72.8 Å². The van der Waals surface area contributed by atoms with Crippen molar-refractivity contribution in [3.05, 3.63) is 163 Å². The Morgan fingerprint density at radius 1 is 0.520 bits per heavy atom. The van der Waals surface area contributed by atoms with Crippen molar-refractivity contribution in [2.75, 3.05) is 0 Å². The number of hydrogen-bond acceptors (Lipinski definition) is 4. The van der Waals surface area contributed by atoms with Crippen LogP contribution in [0.1, 0.15) is 17.7 Å². The molecule has 0 unspecified atom stereocenters. The smallest absolute Gasteiger partial charge is 0.164 e. The van der Waals surface area contributed by atoms with Crippen molar-refractivity contribution in [2.24, 2.45) is 0 Å². The lowest BCUT2D eigenvalue weighted by atomic mass is 9.98. The maximum atomic E-state index is 6.45. The molecule has 0 saturated carbocycles. The number of benzene rings is 6. The van der Waals surface area contributed by atoms with E-state index >= 15 is 0 Å². The van der Waals surface area contributed by atoms with Crippen LogP contribution in [0.15, 0.2) is 156 Å². The van der Waals surface area contributed by atoms with Crippen LogP contribution in [0.2, 0.25) is 0 Å². The summed E-state index contributed by atoms with van der Waals surface area (Å²) in [5, 5.41) is 3.29. The minimum absolute atomic E-state index is 0.608. The highest BCUT2D eigenvalue weighted by molar-refractivity contribution is 6.13. The van der Waals surface area contributed by atoms with Crippen LogP contribution in [0, 0.1) is 0 Å². The third-order valence-corrected chi connectivity index (χ3v) is 9.73. The highest BCUT2D eigenvalue weighted by Crippen LogP contribution is 2.40. The van der Waals surface area contributed by atoms with E-state index in [1.54, 1.807) is 0 Å². The third kappa shape index (κ3) is 4.66. The summed E-state index contributed by atoms with van der Waals surface area (Å²) < 4.78 is 8.90. The Labute approximate surface area is 288 Å². The first kappa shape index (κ1) is 28.4. The number of aromatic nitrogens is 4. The predicted octanol–water partition coefficient (Wildman–Crippen LogP) is 11.3. The van der Waals surface area contributed by atoms with E-state index in [0.717, 1.165) is 62.6 Å². The van der Waals surface area contributed by atoms with Crippen molar-refractivity contribution in [3.63, 3.8) is 0 Å². The quantitative estimate of drug-likeness (QED) is 0.187. The number of rotatable bonds is 5. The SMILES string of the molecule is C1=Cc2c(n(-c3ccccc3)c3cc(-c4ccc5oc6cccc(-c7nc(-c8ccccc8)nc(-c8ccccc8)n7)c6c5c4)ccc23)CC1. The first-order valence-electron chi connectivity index (χ1n) is 17.0. The van der Waals surface area contributed by atoms with Crippen molar-refractivity contribution in [2.45, 2.75) is 12.8 Å². The molecule has 0 saturated heterocycles. The van der Waals surface area contributed by atoms with Gasteiger partial charge in [-0.25, -0.2) is 15.0 Å². The van der Waals surface area contributed by atoms with Gasteiger partial charge in [0.25, 0.3) is 0 Å². The van der Waals surface area contributed by atoms with Gasteiger partial charge < -0.3 is 8.98 Å². The molecule has 3 heterocycles. The van der Waals surface area contributed by atoms with Gasteiger partial charge in [0.05, 0.1) is 5.52 Å². The molecule has 5 nitrogen and oxygen atoms in total. The average molecular weight is 643 g/mol. The van der Waals surface area contributed by atoms with E-state index in [9.17, 15) is 0 Å². The number of fused-ring (bicyclic) bond motifs is 6. The van der Waals surface area contributed by atoms with Crippen molar-refractivity contribution < 1.29 is 4.42 Å². The van der Waals surface area contributed by atoms with Crippen LogP contribution >= 0.6 is 0 Å². The first-order valence-corrected chi connectivity index (χ1v) is 17.0. The van der Waals surface area contributed by atoms with Crippen molar-refractivity contribution in [1.82, 2.24) is 19.5 Å². The molecule has 0 atom stereocenters. The second-order valence-corrected chi connectivity index (χ2v) is 12.7. The number of allylic oxidation sites excluding steroid dienone is 1. The number of furan rings is 1. The van der Waals surface area contributed by atoms with Gasteiger partial charge in [-0.15, -0.1) is 0 Å². The minimum Gasteiger partial charge on any atom is -0.456 e. The fraction of sp³-hybridized carbons (Fsp3) is 0.0444. The van der Waals surface area contributed by atoms with Crippen molar-refractivity contribution in [1.29, 1.82) is 0 Å². The van der Waals surface area contributed by atoms with Gasteiger partial charge in [0.15, 0.2) is 17.5 Å². The predicted molar refractivity (Wildman–Crippen MR) is 203 cm³/mol. The van der Waals surface area contributed by atoms with E-state index < -0.39 is 0 Å². The molecule has 0 aliphatic heterocycles. The third-order valence-electron chi connectivity index (χ3n) is 9.73. The normalized spacial score (nSPS) is 12.6. The Balaban J connectivity index is 1.17. The van der Waals surface area contributed by atoms with Gasteiger partial charge in [-0.05, 0) is 60.4 Å². The van der Waals surface area contributed by atoms with Gasteiger partial charge in [0.2, 0.25) is 0 Å². The van der Waals surface area contributed by atoms with Crippen LogP contribution < -0.4 is 0 Å². The second-order valence-electron chi connectivity index (χ2n) is 12.7. The fourth-order valence-corrected chi connectivity index (χ4v) is 7.39. The second kappa shape index (κ2) is 11.5. The fourth-order valence-electron chi connectivity index (χ4n) is 7.39. The molecule has 10 rings (SSSR count). The molecule has 0 bridgehead atoms. The van der Waals surface area contributed by atoms with E-state index in [-0.39, 0.29) is 0 Å². The van der Waals surface area contributed by atoms with Gasteiger partial charge in [-0.2, -0.15) is 0 Å². The lowest BCUT2D eigenvalue weighted by molar-refractivity contribution is 0.669. The summed E-state index contributed by atoms with van der Waals surface area (Å²) in [6.45, 7) is 0. The zero-order chi connectivity index (χ0) is 33.0. The number of hydrogen-bond donors (Lipinski definition) is 0.